The van der Waals surface area contributed by atoms with Crippen molar-refractivity contribution in [2.24, 2.45) is 0 Å². The van der Waals surface area contributed by atoms with Crippen LogP contribution < -0.4 is 9.47 Å². The third-order valence-electron chi connectivity index (χ3n) is 4.09. The highest BCUT2D eigenvalue weighted by Gasteiger charge is 2.46. The van der Waals surface area contributed by atoms with Crippen molar-refractivity contribution in [3.63, 3.8) is 0 Å². The van der Waals surface area contributed by atoms with Gasteiger partial charge in [0.25, 0.3) is 0 Å². The van der Waals surface area contributed by atoms with Crippen LogP contribution in [0.25, 0.3) is 0 Å². The predicted molar refractivity (Wildman–Crippen MR) is 97.9 cm³/mol. The number of ether oxygens (including phenoxy) is 4. The highest BCUT2D eigenvalue weighted by atomic mass is 32.1. The largest absolute Gasteiger partial charge is 0.462 e. The lowest BCUT2D eigenvalue weighted by Crippen LogP contribution is -2.59. The van der Waals surface area contributed by atoms with Crippen LogP contribution in [0.4, 0.5) is 8.78 Å². The van der Waals surface area contributed by atoms with Crippen molar-refractivity contribution >= 4 is 17.5 Å². The van der Waals surface area contributed by atoms with Gasteiger partial charge in [0.1, 0.15) is 29.2 Å². The zero-order valence-corrected chi connectivity index (χ0v) is 15.5. The van der Waals surface area contributed by atoms with Gasteiger partial charge in [-0.15, -0.1) is 0 Å². The monoisotopic (exact) mass is 412 g/mol. The number of aliphatic hydroxyl groups excluding tert-OH is 2. The van der Waals surface area contributed by atoms with Crippen LogP contribution in [0.5, 0.6) is 11.5 Å². The predicted octanol–water partition coefficient (Wildman–Crippen LogP) is 2.56. The molecule has 0 saturated carbocycles. The molecule has 1 aliphatic heterocycles. The minimum Gasteiger partial charge on any atom is -0.462 e. The molecule has 2 aromatic carbocycles. The molecule has 0 aliphatic carbocycles. The molecule has 0 bridgehead atoms. The van der Waals surface area contributed by atoms with Crippen molar-refractivity contribution in [2.75, 3.05) is 0 Å². The molecular weight excluding hydrogens is 394 g/mol. The molecule has 150 valence electrons. The summed E-state index contributed by atoms with van der Waals surface area (Å²) in [6.45, 7) is 1.57. The lowest BCUT2D eigenvalue weighted by atomic mass is 10.00. The topological polar surface area (TPSA) is 77.4 Å². The minimum absolute atomic E-state index is 0.231. The van der Waals surface area contributed by atoms with E-state index in [9.17, 15) is 19.0 Å². The molecule has 1 heterocycles. The number of thiocarbonyl (C=S) groups is 1. The fourth-order valence-electron chi connectivity index (χ4n) is 2.61. The number of halogens is 2. The highest BCUT2D eigenvalue weighted by molar-refractivity contribution is 7.79. The van der Waals surface area contributed by atoms with Gasteiger partial charge in [0.15, 0.2) is 12.2 Å². The van der Waals surface area contributed by atoms with Gasteiger partial charge in [-0.2, -0.15) is 0 Å². The third-order valence-corrected chi connectivity index (χ3v) is 4.27. The molecule has 28 heavy (non-hydrogen) atoms. The molecule has 5 atom stereocenters. The number of benzene rings is 2. The van der Waals surface area contributed by atoms with Crippen LogP contribution in [0.1, 0.15) is 6.92 Å². The molecule has 1 aliphatic rings. The van der Waals surface area contributed by atoms with E-state index in [1.165, 1.54) is 48.5 Å². The maximum atomic E-state index is 13.0. The molecule has 0 spiro atoms. The first kappa shape index (κ1) is 20.4. The van der Waals surface area contributed by atoms with Gasteiger partial charge in [0, 0.05) is 12.2 Å². The summed E-state index contributed by atoms with van der Waals surface area (Å²) in [6, 6.07) is 10.2. The standard InChI is InChI=1S/C19H18F2O6S/c1-10-15(22)17(27-19(28)26-14-8-4-12(21)5-9-14)16(23)18(24-10)25-13-6-2-11(20)3-7-13/h2-10,15-18,22-23H,1H3/t10-,15+,16-,17+,18-/m0/s1. The number of aliphatic hydroxyl groups is 2. The Bertz CT molecular complexity index is 801. The van der Waals surface area contributed by atoms with E-state index in [0.717, 1.165) is 0 Å². The Labute approximate surface area is 165 Å². The molecule has 2 aromatic rings. The first-order chi connectivity index (χ1) is 13.3. The SMILES string of the molecule is C[C@@H]1O[C@@H](Oc2ccc(F)cc2)[C@@H](O)[C@H](OC(=S)Oc2ccc(F)cc2)[C@@H]1O. The van der Waals surface area contributed by atoms with E-state index in [4.69, 9.17) is 31.2 Å². The van der Waals surface area contributed by atoms with Crippen LogP contribution in [0.15, 0.2) is 48.5 Å². The zero-order chi connectivity index (χ0) is 20.3. The molecule has 6 nitrogen and oxygen atoms in total. The van der Waals surface area contributed by atoms with Crippen molar-refractivity contribution in [2.45, 2.75) is 37.6 Å². The van der Waals surface area contributed by atoms with Gasteiger partial charge < -0.3 is 29.2 Å². The average Bonchev–Trinajstić information content (AvgIpc) is 2.67. The number of hydrogen-bond acceptors (Lipinski definition) is 7. The van der Waals surface area contributed by atoms with Gasteiger partial charge in [-0.3, -0.25) is 0 Å². The molecule has 3 rings (SSSR count). The molecular formula is C19H18F2O6S. The van der Waals surface area contributed by atoms with Crippen molar-refractivity contribution in [3.05, 3.63) is 60.2 Å². The molecule has 9 heteroatoms. The molecule has 0 amide bonds. The summed E-state index contributed by atoms with van der Waals surface area (Å²) < 4.78 is 47.6. The summed E-state index contributed by atoms with van der Waals surface area (Å²) in [6.07, 6.45) is -5.80. The zero-order valence-electron chi connectivity index (χ0n) is 14.7. The van der Waals surface area contributed by atoms with Gasteiger partial charge in [-0.1, -0.05) is 0 Å². The van der Waals surface area contributed by atoms with Crippen molar-refractivity contribution in [3.8, 4) is 11.5 Å². The minimum atomic E-state index is -1.42. The molecule has 1 fully saturated rings. The lowest BCUT2D eigenvalue weighted by Gasteiger charge is -2.40. The summed E-state index contributed by atoms with van der Waals surface area (Å²) >= 11 is 4.99. The van der Waals surface area contributed by atoms with E-state index in [1.54, 1.807) is 6.92 Å². The van der Waals surface area contributed by atoms with Crippen LogP contribution in [0.3, 0.4) is 0 Å². The average molecular weight is 412 g/mol. The van der Waals surface area contributed by atoms with E-state index in [2.05, 4.69) is 0 Å². The Morgan fingerprint density at radius 1 is 0.929 bits per heavy atom. The third kappa shape index (κ3) is 4.93. The Morgan fingerprint density at radius 2 is 1.46 bits per heavy atom. The van der Waals surface area contributed by atoms with E-state index in [1.807, 2.05) is 0 Å². The summed E-state index contributed by atoms with van der Waals surface area (Å²) in [7, 11) is 0. The quantitative estimate of drug-likeness (QED) is 0.748. The van der Waals surface area contributed by atoms with Crippen LogP contribution in [0.2, 0.25) is 0 Å². The first-order valence-corrected chi connectivity index (χ1v) is 8.82. The first-order valence-electron chi connectivity index (χ1n) is 8.41. The fourth-order valence-corrected chi connectivity index (χ4v) is 2.82. The second kappa shape index (κ2) is 8.78. The maximum absolute atomic E-state index is 13.0. The van der Waals surface area contributed by atoms with Crippen LogP contribution in [-0.4, -0.2) is 46.2 Å². The van der Waals surface area contributed by atoms with Gasteiger partial charge in [-0.25, -0.2) is 8.78 Å². The van der Waals surface area contributed by atoms with E-state index < -0.39 is 42.3 Å². The highest BCUT2D eigenvalue weighted by Crippen LogP contribution is 2.27. The molecule has 2 N–H and O–H groups in total. The molecule has 1 saturated heterocycles. The van der Waals surface area contributed by atoms with E-state index in [-0.39, 0.29) is 16.7 Å². The summed E-state index contributed by atoms with van der Waals surface area (Å²) in [5.74, 6) is -0.387. The van der Waals surface area contributed by atoms with Gasteiger partial charge in [0.2, 0.25) is 6.29 Å². The molecule has 0 radical (unpaired) electrons. The Hall–Kier alpha value is -2.33. The van der Waals surface area contributed by atoms with Gasteiger partial charge in [0.05, 0.1) is 6.10 Å². The smallest absolute Gasteiger partial charge is 0.358 e. The molecule has 0 aromatic heterocycles. The van der Waals surface area contributed by atoms with E-state index in [0.29, 0.717) is 0 Å². The fraction of sp³-hybridized carbons (Fsp3) is 0.316. The van der Waals surface area contributed by atoms with Crippen LogP contribution in [0, 0.1) is 11.6 Å². The van der Waals surface area contributed by atoms with Crippen molar-refractivity contribution in [1.29, 1.82) is 0 Å². The number of hydrogen-bond donors (Lipinski definition) is 2. The summed E-state index contributed by atoms with van der Waals surface area (Å²) in [5, 5.41) is 20.4. The van der Waals surface area contributed by atoms with Crippen molar-refractivity contribution in [1.82, 2.24) is 0 Å². The maximum Gasteiger partial charge on any atom is 0.358 e. The van der Waals surface area contributed by atoms with E-state index >= 15 is 0 Å². The summed E-state index contributed by atoms with van der Waals surface area (Å²) in [4.78, 5) is 0. The summed E-state index contributed by atoms with van der Waals surface area (Å²) in [5.41, 5.74) is 0. The Kier molecular flexibility index (Phi) is 6.40. The van der Waals surface area contributed by atoms with Gasteiger partial charge >= 0.3 is 5.24 Å². The second-order valence-corrected chi connectivity index (χ2v) is 6.48. The van der Waals surface area contributed by atoms with Gasteiger partial charge in [-0.05, 0) is 55.5 Å². The Morgan fingerprint density at radius 3 is 2.04 bits per heavy atom. The molecule has 0 unspecified atom stereocenters. The van der Waals surface area contributed by atoms with Crippen LogP contribution >= 0.6 is 12.2 Å². The lowest BCUT2D eigenvalue weighted by molar-refractivity contribution is -0.266. The normalized spacial score (nSPS) is 27.1. The Balaban J connectivity index is 1.66. The second-order valence-electron chi connectivity index (χ2n) is 6.15. The van der Waals surface area contributed by atoms with Crippen molar-refractivity contribution < 1.29 is 37.9 Å². The van der Waals surface area contributed by atoms with Crippen LogP contribution in [-0.2, 0) is 9.47 Å². The number of rotatable bonds is 4.